The van der Waals surface area contributed by atoms with Crippen molar-refractivity contribution in [2.75, 3.05) is 19.9 Å². The van der Waals surface area contributed by atoms with Crippen molar-refractivity contribution in [3.05, 3.63) is 10.1 Å². The number of hydrogen-bond acceptors (Lipinski definition) is 5. The summed E-state index contributed by atoms with van der Waals surface area (Å²) in [5, 5.41) is 14.0. The van der Waals surface area contributed by atoms with Crippen molar-refractivity contribution < 1.29 is 14.5 Å². The quantitative estimate of drug-likeness (QED) is 0.493. The number of nitro groups is 1. The van der Waals surface area contributed by atoms with Gasteiger partial charge in [-0.15, -0.1) is 0 Å². The number of rotatable bonds is 5. The highest BCUT2D eigenvalue weighted by Crippen LogP contribution is 2.13. The van der Waals surface area contributed by atoms with Gasteiger partial charge in [-0.2, -0.15) is 0 Å². The lowest BCUT2D eigenvalue weighted by molar-refractivity contribution is -0.671. The Kier molecular flexibility index (Phi) is 4.05. The van der Waals surface area contributed by atoms with Crippen molar-refractivity contribution in [3.8, 4) is 0 Å². The fourth-order valence-corrected chi connectivity index (χ4v) is 1.35. The van der Waals surface area contributed by atoms with E-state index in [4.69, 9.17) is 9.47 Å². The van der Waals surface area contributed by atoms with E-state index in [2.05, 4.69) is 5.32 Å². The Morgan fingerprint density at radius 1 is 1.50 bits per heavy atom. The van der Waals surface area contributed by atoms with Gasteiger partial charge in [-0.1, -0.05) is 5.01 Å². The van der Waals surface area contributed by atoms with E-state index in [0.29, 0.717) is 13.2 Å². The summed E-state index contributed by atoms with van der Waals surface area (Å²) < 4.78 is 10.5. The summed E-state index contributed by atoms with van der Waals surface area (Å²) in [4.78, 5) is 10.6. The molecular weight excluding hydrogens is 190 g/mol. The van der Waals surface area contributed by atoms with E-state index in [-0.39, 0.29) is 6.67 Å². The lowest BCUT2D eigenvalue weighted by Gasteiger charge is -2.20. The molecule has 0 bridgehead atoms. The molecule has 0 saturated carbocycles. The lowest BCUT2D eigenvalue weighted by Crippen LogP contribution is -2.42. The summed E-state index contributed by atoms with van der Waals surface area (Å²) in [6.45, 7) is 4.67. The zero-order chi connectivity index (χ0) is 10.6. The second kappa shape index (κ2) is 5.08. The molecule has 7 nitrogen and oxygen atoms in total. The maximum absolute atomic E-state index is 10.6. The van der Waals surface area contributed by atoms with E-state index >= 15 is 0 Å². The van der Waals surface area contributed by atoms with Crippen LogP contribution in [-0.2, 0) is 9.47 Å². The Hall–Kier alpha value is -0.920. The maximum atomic E-state index is 10.6. The third-order valence-corrected chi connectivity index (χ3v) is 1.90. The third-order valence-electron chi connectivity index (χ3n) is 1.90. The first-order valence-electron chi connectivity index (χ1n) is 4.58. The first kappa shape index (κ1) is 11.2. The number of hydrogen-bond donors (Lipinski definition) is 1. The van der Waals surface area contributed by atoms with Crippen LogP contribution >= 0.6 is 0 Å². The summed E-state index contributed by atoms with van der Waals surface area (Å²) in [5.74, 6) is 0. The molecule has 2 unspecified atom stereocenters. The largest absolute Gasteiger partial charge is 0.359 e. The highest BCUT2D eigenvalue weighted by molar-refractivity contribution is 4.72. The molecule has 14 heavy (non-hydrogen) atoms. The molecule has 1 rings (SSSR count). The molecule has 0 spiro atoms. The number of nitrogens with zero attached hydrogens (tertiary/aromatic N) is 2. The van der Waals surface area contributed by atoms with E-state index in [1.165, 1.54) is 0 Å². The van der Waals surface area contributed by atoms with Crippen molar-refractivity contribution in [1.29, 1.82) is 0 Å². The van der Waals surface area contributed by atoms with E-state index in [0.717, 1.165) is 5.01 Å². The molecule has 1 aliphatic heterocycles. The second-order valence-corrected chi connectivity index (χ2v) is 2.76. The van der Waals surface area contributed by atoms with Gasteiger partial charge in [0.05, 0.1) is 0 Å². The number of ether oxygens (including phenoxy) is 2. The normalized spacial score (nSPS) is 26.9. The molecule has 0 amide bonds. The van der Waals surface area contributed by atoms with Crippen LogP contribution in [0.15, 0.2) is 0 Å². The molecule has 1 N–H and O–H groups in total. The highest BCUT2D eigenvalue weighted by Gasteiger charge is 2.41. The molecule has 1 saturated heterocycles. The Labute approximate surface area is 82.1 Å². The highest BCUT2D eigenvalue weighted by atomic mass is 16.7. The molecule has 7 heteroatoms. The van der Waals surface area contributed by atoms with Crippen LogP contribution in [-0.4, -0.2) is 42.4 Å². The lowest BCUT2D eigenvalue weighted by atomic mass is 10.5. The van der Waals surface area contributed by atoms with Gasteiger partial charge in [-0.3, -0.25) is 5.32 Å². The van der Waals surface area contributed by atoms with Crippen LogP contribution in [0.1, 0.15) is 13.8 Å². The Bertz CT molecular complexity index is 201. The predicted octanol–water partition coefficient (Wildman–Crippen LogP) is -0.234. The van der Waals surface area contributed by atoms with Crippen molar-refractivity contribution in [3.63, 3.8) is 0 Å². The molecule has 0 radical (unpaired) electrons. The maximum Gasteiger partial charge on any atom is 0.228 e. The molecule has 1 aliphatic rings. The van der Waals surface area contributed by atoms with Crippen LogP contribution < -0.4 is 5.32 Å². The minimum absolute atomic E-state index is 0.141. The first-order chi connectivity index (χ1) is 6.70. The van der Waals surface area contributed by atoms with Gasteiger partial charge in [0.25, 0.3) is 0 Å². The fraction of sp³-hybridized carbons (Fsp3) is 1.00. The molecular formula is C7H15N3O4. The average Bonchev–Trinajstić information content (AvgIpc) is 2.50. The van der Waals surface area contributed by atoms with Gasteiger partial charge < -0.3 is 9.47 Å². The molecule has 1 heterocycles. The standard InChI is InChI=1S/C7H15N3O4/c1-3-13-6-7(14-4-2)9(5-8-6)10(11)12/h6-8H,3-5H2,1-2H3. The van der Waals surface area contributed by atoms with E-state index in [9.17, 15) is 10.1 Å². The van der Waals surface area contributed by atoms with Gasteiger partial charge in [-0.05, 0) is 13.8 Å². The van der Waals surface area contributed by atoms with E-state index in [1.54, 1.807) is 6.92 Å². The van der Waals surface area contributed by atoms with Crippen LogP contribution in [0.2, 0.25) is 0 Å². The van der Waals surface area contributed by atoms with Crippen LogP contribution in [0, 0.1) is 10.1 Å². The van der Waals surface area contributed by atoms with Crippen molar-refractivity contribution in [2.24, 2.45) is 0 Å². The van der Waals surface area contributed by atoms with Gasteiger partial charge in [0.1, 0.15) is 6.67 Å². The monoisotopic (exact) mass is 205 g/mol. The van der Waals surface area contributed by atoms with Crippen molar-refractivity contribution in [1.82, 2.24) is 10.3 Å². The fourth-order valence-electron chi connectivity index (χ4n) is 1.35. The van der Waals surface area contributed by atoms with Crippen LogP contribution in [0.4, 0.5) is 0 Å². The summed E-state index contributed by atoms with van der Waals surface area (Å²) in [6.07, 6.45) is -1.07. The summed E-state index contributed by atoms with van der Waals surface area (Å²) in [5.41, 5.74) is 0. The Balaban J connectivity index is 2.58. The molecule has 2 atom stereocenters. The van der Waals surface area contributed by atoms with Crippen molar-refractivity contribution in [2.45, 2.75) is 26.3 Å². The third kappa shape index (κ3) is 2.31. The number of nitrogens with one attached hydrogen (secondary N) is 1. The minimum Gasteiger partial charge on any atom is -0.359 e. The van der Waals surface area contributed by atoms with Gasteiger partial charge in [0.15, 0.2) is 11.3 Å². The minimum atomic E-state index is -0.644. The van der Waals surface area contributed by atoms with Crippen LogP contribution in [0.3, 0.4) is 0 Å². The molecule has 0 aromatic carbocycles. The average molecular weight is 205 g/mol. The predicted molar refractivity (Wildman–Crippen MR) is 47.7 cm³/mol. The molecule has 0 aromatic heterocycles. The second-order valence-electron chi connectivity index (χ2n) is 2.76. The summed E-state index contributed by atoms with van der Waals surface area (Å²) >= 11 is 0. The van der Waals surface area contributed by atoms with Gasteiger partial charge in [0.2, 0.25) is 6.23 Å². The molecule has 1 fully saturated rings. The van der Waals surface area contributed by atoms with Crippen LogP contribution in [0.5, 0.6) is 0 Å². The van der Waals surface area contributed by atoms with Gasteiger partial charge >= 0.3 is 0 Å². The zero-order valence-electron chi connectivity index (χ0n) is 8.30. The zero-order valence-corrected chi connectivity index (χ0v) is 8.30. The van der Waals surface area contributed by atoms with Crippen LogP contribution in [0.25, 0.3) is 0 Å². The first-order valence-corrected chi connectivity index (χ1v) is 4.58. The Morgan fingerprint density at radius 2 is 2.14 bits per heavy atom. The number of hydrazine groups is 1. The SMILES string of the molecule is CCOC1NCN([N+](=O)[O-])C1OCC. The smallest absolute Gasteiger partial charge is 0.228 e. The topological polar surface area (TPSA) is 76.9 Å². The Morgan fingerprint density at radius 3 is 2.64 bits per heavy atom. The van der Waals surface area contributed by atoms with E-state index < -0.39 is 17.5 Å². The van der Waals surface area contributed by atoms with E-state index in [1.807, 2.05) is 6.92 Å². The molecule has 82 valence electrons. The van der Waals surface area contributed by atoms with Gasteiger partial charge in [0, 0.05) is 13.2 Å². The summed E-state index contributed by atoms with van der Waals surface area (Å²) in [7, 11) is 0. The molecule has 0 aliphatic carbocycles. The summed E-state index contributed by atoms with van der Waals surface area (Å²) in [6, 6.07) is 0. The van der Waals surface area contributed by atoms with Gasteiger partial charge in [-0.25, -0.2) is 10.1 Å². The molecule has 0 aromatic rings. The van der Waals surface area contributed by atoms with Crippen molar-refractivity contribution >= 4 is 0 Å².